The highest BCUT2D eigenvalue weighted by atomic mass is 16.3. The molecule has 1 heterocycles. The maximum Gasteiger partial charge on any atom is 0.0708 e. The Morgan fingerprint density at radius 1 is 1.18 bits per heavy atom. The summed E-state index contributed by atoms with van der Waals surface area (Å²) in [4.78, 5) is 2.37. The molecule has 1 aromatic carbocycles. The van der Waals surface area contributed by atoms with Crippen LogP contribution >= 0.6 is 0 Å². The second-order valence-electron chi connectivity index (χ2n) is 4.88. The molecule has 0 spiro atoms. The zero-order chi connectivity index (χ0) is 12.3. The van der Waals surface area contributed by atoms with E-state index in [0.717, 1.165) is 26.2 Å². The summed E-state index contributed by atoms with van der Waals surface area (Å²) in [6, 6.07) is 8.63. The number of hydrogen-bond donors (Lipinski definition) is 2. The summed E-state index contributed by atoms with van der Waals surface area (Å²) in [6.45, 7) is 8.00. The highest BCUT2D eigenvalue weighted by Crippen LogP contribution is 2.25. The normalized spacial score (nSPS) is 21.1. The predicted octanol–water partition coefficient (Wildman–Crippen LogP) is 1.32. The Balaban J connectivity index is 2.18. The summed E-state index contributed by atoms with van der Waals surface area (Å²) in [5, 5.41) is 13.4. The first kappa shape index (κ1) is 12.6. The van der Waals surface area contributed by atoms with Crippen molar-refractivity contribution < 1.29 is 5.11 Å². The van der Waals surface area contributed by atoms with Gasteiger partial charge in [0.25, 0.3) is 0 Å². The minimum absolute atomic E-state index is 0.123. The molecule has 0 bridgehead atoms. The van der Waals surface area contributed by atoms with Crippen LogP contribution < -0.4 is 5.32 Å². The van der Waals surface area contributed by atoms with Crippen LogP contribution in [0, 0.1) is 6.92 Å². The fourth-order valence-corrected chi connectivity index (χ4v) is 2.52. The molecule has 3 heteroatoms. The van der Waals surface area contributed by atoms with Crippen LogP contribution in [0.1, 0.15) is 24.1 Å². The van der Waals surface area contributed by atoms with Crippen LogP contribution in [-0.4, -0.2) is 42.3 Å². The average Bonchev–Trinajstić information content (AvgIpc) is 2.33. The van der Waals surface area contributed by atoms with E-state index in [9.17, 15) is 5.11 Å². The van der Waals surface area contributed by atoms with Crippen molar-refractivity contribution in [2.75, 3.05) is 26.2 Å². The van der Waals surface area contributed by atoms with E-state index in [1.165, 1.54) is 11.1 Å². The van der Waals surface area contributed by atoms with Gasteiger partial charge in [0.15, 0.2) is 0 Å². The van der Waals surface area contributed by atoms with Crippen molar-refractivity contribution in [2.24, 2.45) is 0 Å². The van der Waals surface area contributed by atoms with Crippen molar-refractivity contribution in [1.82, 2.24) is 10.2 Å². The fraction of sp³-hybridized carbons (Fsp3) is 0.571. The van der Waals surface area contributed by atoms with Gasteiger partial charge >= 0.3 is 0 Å². The molecule has 2 N–H and O–H groups in total. The zero-order valence-electron chi connectivity index (χ0n) is 10.7. The lowest BCUT2D eigenvalue weighted by atomic mass is 9.99. The molecule has 1 saturated heterocycles. The number of nitrogens with one attached hydrogen (secondary N) is 1. The van der Waals surface area contributed by atoms with E-state index >= 15 is 0 Å². The summed E-state index contributed by atoms with van der Waals surface area (Å²) >= 11 is 0. The van der Waals surface area contributed by atoms with E-state index in [-0.39, 0.29) is 12.1 Å². The Labute approximate surface area is 103 Å². The number of piperazine rings is 1. The summed E-state index contributed by atoms with van der Waals surface area (Å²) < 4.78 is 0. The third-order valence-electron chi connectivity index (χ3n) is 3.42. The van der Waals surface area contributed by atoms with Gasteiger partial charge < -0.3 is 10.4 Å². The zero-order valence-corrected chi connectivity index (χ0v) is 10.7. The minimum Gasteiger partial charge on any atom is -0.391 e. The molecule has 2 rings (SSSR count). The van der Waals surface area contributed by atoms with Gasteiger partial charge in [0, 0.05) is 26.2 Å². The number of hydrogen-bond acceptors (Lipinski definition) is 3. The molecule has 3 nitrogen and oxygen atoms in total. The SMILES string of the molecule is Cc1ccc(C(C(C)O)N2CCNCC2)cc1. The highest BCUT2D eigenvalue weighted by Gasteiger charge is 2.25. The molecular weight excluding hydrogens is 212 g/mol. The lowest BCUT2D eigenvalue weighted by Crippen LogP contribution is -2.47. The van der Waals surface area contributed by atoms with Gasteiger partial charge in [0.1, 0.15) is 0 Å². The van der Waals surface area contributed by atoms with Crippen molar-refractivity contribution in [2.45, 2.75) is 26.0 Å². The first-order valence-corrected chi connectivity index (χ1v) is 6.38. The quantitative estimate of drug-likeness (QED) is 0.828. The van der Waals surface area contributed by atoms with Gasteiger partial charge in [0.2, 0.25) is 0 Å². The first-order valence-electron chi connectivity index (χ1n) is 6.38. The standard InChI is InChI=1S/C14H22N2O/c1-11-3-5-13(6-4-11)14(12(2)17)16-9-7-15-8-10-16/h3-6,12,14-15,17H,7-10H2,1-2H3. The molecule has 17 heavy (non-hydrogen) atoms. The second-order valence-corrected chi connectivity index (χ2v) is 4.88. The number of benzene rings is 1. The molecule has 0 radical (unpaired) electrons. The summed E-state index contributed by atoms with van der Waals surface area (Å²) in [5.41, 5.74) is 2.48. The lowest BCUT2D eigenvalue weighted by molar-refractivity contribution is 0.0525. The molecule has 1 aliphatic heterocycles. The van der Waals surface area contributed by atoms with E-state index < -0.39 is 0 Å². The number of aryl methyl sites for hydroxylation is 1. The van der Waals surface area contributed by atoms with Crippen LogP contribution in [0.25, 0.3) is 0 Å². The predicted molar refractivity (Wildman–Crippen MR) is 70.0 cm³/mol. The third-order valence-corrected chi connectivity index (χ3v) is 3.42. The van der Waals surface area contributed by atoms with Gasteiger partial charge in [-0.3, -0.25) is 4.90 Å². The van der Waals surface area contributed by atoms with Crippen molar-refractivity contribution in [3.8, 4) is 0 Å². The fourth-order valence-electron chi connectivity index (χ4n) is 2.52. The van der Waals surface area contributed by atoms with Crippen molar-refractivity contribution in [1.29, 1.82) is 0 Å². The Hall–Kier alpha value is -0.900. The van der Waals surface area contributed by atoms with E-state index in [0.29, 0.717) is 0 Å². The van der Waals surface area contributed by atoms with E-state index in [2.05, 4.69) is 41.4 Å². The van der Waals surface area contributed by atoms with Crippen molar-refractivity contribution in [3.05, 3.63) is 35.4 Å². The molecule has 0 aliphatic carbocycles. The summed E-state index contributed by atoms with van der Waals surface area (Å²) in [6.07, 6.45) is -0.337. The summed E-state index contributed by atoms with van der Waals surface area (Å²) in [5.74, 6) is 0. The smallest absolute Gasteiger partial charge is 0.0708 e. The van der Waals surface area contributed by atoms with Gasteiger partial charge in [-0.1, -0.05) is 29.8 Å². The van der Waals surface area contributed by atoms with Crippen LogP contribution in [0.2, 0.25) is 0 Å². The molecule has 0 saturated carbocycles. The molecule has 0 amide bonds. The van der Waals surface area contributed by atoms with Crippen molar-refractivity contribution >= 4 is 0 Å². The van der Waals surface area contributed by atoms with Crippen LogP contribution in [0.15, 0.2) is 24.3 Å². The molecule has 0 aromatic heterocycles. The molecule has 1 fully saturated rings. The number of aliphatic hydroxyl groups is 1. The highest BCUT2D eigenvalue weighted by molar-refractivity contribution is 5.25. The average molecular weight is 234 g/mol. The third kappa shape index (κ3) is 3.06. The molecule has 2 atom stereocenters. The molecular formula is C14H22N2O. The van der Waals surface area contributed by atoms with E-state index in [4.69, 9.17) is 0 Å². The van der Waals surface area contributed by atoms with E-state index in [1.807, 2.05) is 6.92 Å². The minimum atomic E-state index is -0.337. The molecule has 94 valence electrons. The second kappa shape index (κ2) is 5.63. The van der Waals surface area contributed by atoms with Gasteiger partial charge in [0.05, 0.1) is 12.1 Å². The molecule has 1 aliphatic rings. The van der Waals surface area contributed by atoms with Gasteiger partial charge in [-0.05, 0) is 19.4 Å². The molecule has 1 aromatic rings. The van der Waals surface area contributed by atoms with Crippen LogP contribution in [0.5, 0.6) is 0 Å². The summed E-state index contributed by atoms with van der Waals surface area (Å²) in [7, 11) is 0. The Morgan fingerprint density at radius 3 is 2.29 bits per heavy atom. The van der Waals surface area contributed by atoms with Crippen LogP contribution in [0.4, 0.5) is 0 Å². The van der Waals surface area contributed by atoms with Gasteiger partial charge in [-0.25, -0.2) is 0 Å². The lowest BCUT2D eigenvalue weighted by Gasteiger charge is -2.36. The van der Waals surface area contributed by atoms with Gasteiger partial charge in [-0.15, -0.1) is 0 Å². The Morgan fingerprint density at radius 2 is 1.76 bits per heavy atom. The van der Waals surface area contributed by atoms with Crippen LogP contribution in [0.3, 0.4) is 0 Å². The number of aliphatic hydroxyl groups excluding tert-OH is 1. The van der Waals surface area contributed by atoms with E-state index in [1.54, 1.807) is 0 Å². The number of rotatable bonds is 3. The number of nitrogens with zero attached hydrogens (tertiary/aromatic N) is 1. The maximum atomic E-state index is 10.0. The monoisotopic (exact) mass is 234 g/mol. The first-order chi connectivity index (χ1) is 8.18. The van der Waals surface area contributed by atoms with Crippen molar-refractivity contribution in [3.63, 3.8) is 0 Å². The molecule has 2 unspecified atom stereocenters. The van der Waals surface area contributed by atoms with Crippen LogP contribution in [-0.2, 0) is 0 Å². The topological polar surface area (TPSA) is 35.5 Å². The Bertz CT molecular complexity index is 342. The van der Waals surface area contributed by atoms with Gasteiger partial charge in [-0.2, -0.15) is 0 Å². The Kier molecular flexibility index (Phi) is 4.15. The maximum absolute atomic E-state index is 10.0. The largest absolute Gasteiger partial charge is 0.391 e.